The first kappa shape index (κ1) is 54.0. The SMILES string of the molecule is O=C(OCCOCCOCCOCCOCCOCCOCCOCCOCCOCCOCCOCCN1C(=O)c2ccccc2C1=O)c1ccccc1Nc1cccc(C(F)(F)F)c1. The van der Waals surface area contributed by atoms with Gasteiger partial charge in [0.25, 0.3) is 11.8 Å². The fourth-order valence-corrected chi connectivity index (χ4v) is 5.87. The van der Waals surface area contributed by atoms with Crippen molar-refractivity contribution in [2.45, 2.75) is 6.18 Å². The maximum absolute atomic E-state index is 13.1. The quantitative estimate of drug-likeness (QED) is 0.0455. The lowest BCUT2D eigenvalue weighted by atomic mass is 10.1. The number of nitrogens with one attached hydrogen (secondary N) is 1. The fourth-order valence-electron chi connectivity index (χ4n) is 5.87. The Morgan fingerprint density at radius 1 is 0.455 bits per heavy atom. The minimum absolute atomic E-state index is 0.0120. The number of esters is 1. The number of nitrogens with zero attached hydrogens (tertiary/aromatic N) is 1. The van der Waals surface area contributed by atoms with Crippen LogP contribution >= 0.6 is 0 Å². The monoisotopic (exact) mass is 938 g/mol. The average Bonchev–Trinajstić information content (AvgIpc) is 3.56. The average molecular weight is 939 g/mol. The molecule has 1 aliphatic rings. The van der Waals surface area contributed by atoms with Crippen LogP contribution in [0.4, 0.5) is 24.5 Å². The predicted molar refractivity (Wildman–Crippen MR) is 232 cm³/mol. The van der Waals surface area contributed by atoms with Crippen molar-refractivity contribution in [1.29, 1.82) is 0 Å². The molecule has 20 heteroatoms. The lowest BCUT2D eigenvalue weighted by molar-refractivity contribution is -0.137. The summed E-state index contributed by atoms with van der Waals surface area (Å²) in [7, 11) is 0. The smallest absolute Gasteiger partial charge is 0.416 e. The van der Waals surface area contributed by atoms with Crippen molar-refractivity contribution in [1.82, 2.24) is 4.90 Å². The Balaban J connectivity index is 0.794. The van der Waals surface area contributed by atoms with Gasteiger partial charge >= 0.3 is 12.1 Å². The van der Waals surface area contributed by atoms with Crippen LogP contribution < -0.4 is 5.32 Å². The first-order valence-corrected chi connectivity index (χ1v) is 21.8. The number of halogens is 3. The number of anilines is 2. The first-order chi connectivity index (χ1) is 32.3. The van der Waals surface area contributed by atoms with Gasteiger partial charge in [0.1, 0.15) is 6.61 Å². The summed E-state index contributed by atoms with van der Waals surface area (Å²) in [6.07, 6.45) is -4.49. The second-order valence-corrected chi connectivity index (χ2v) is 13.9. The number of benzene rings is 3. The number of hydrogen-bond acceptors (Lipinski definition) is 16. The van der Waals surface area contributed by atoms with E-state index in [1.54, 1.807) is 42.5 Å². The number of amides is 2. The number of carbonyl (C=O) groups is 3. The normalized spacial score (nSPS) is 12.6. The van der Waals surface area contributed by atoms with Gasteiger partial charge in [-0.3, -0.25) is 14.5 Å². The van der Waals surface area contributed by atoms with E-state index >= 15 is 0 Å². The number of rotatable bonds is 39. The molecule has 3 aromatic carbocycles. The molecule has 1 N–H and O–H groups in total. The molecule has 0 saturated heterocycles. The van der Waals surface area contributed by atoms with Gasteiger partial charge in [-0.1, -0.05) is 30.3 Å². The van der Waals surface area contributed by atoms with Crippen molar-refractivity contribution in [3.63, 3.8) is 0 Å². The third-order valence-corrected chi connectivity index (χ3v) is 9.13. The van der Waals surface area contributed by atoms with Crippen LogP contribution in [0.2, 0.25) is 0 Å². The van der Waals surface area contributed by atoms with Gasteiger partial charge in [-0.25, -0.2) is 4.79 Å². The van der Waals surface area contributed by atoms with Crippen molar-refractivity contribution in [2.75, 3.05) is 164 Å². The Morgan fingerprint density at radius 3 is 1.23 bits per heavy atom. The molecule has 0 spiro atoms. The summed E-state index contributed by atoms with van der Waals surface area (Å²) in [5, 5.41) is 2.86. The largest absolute Gasteiger partial charge is 0.460 e. The maximum Gasteiger partial charge on any atom is 0.416 e. The summed E-state index contributed by atoms with van der Waals surface area (Å²) in [5.41, 5.74) is 0.739. The van der Waals surface area contributed by atoms with Gasteiger partial charge in [-0.15, -0.1) is 0 Å². The first-order valence-electron chi connectivity index (χ1n) is 21.8. The molecular formula is C46H61F3N2O15. The van der Waals surface area contributed by atoms with E-state index in [1.807, 2.05) is 0 Å². The Hall–Kier alpha value is -4.58. The molecule has 0 saturated carbocycles. The molecule has 66 heavy (non-hydrogen) atoms. The van der Waals surface area contributed by atoms with Gasteiger partial charge in [0.2, 0.25) is 0 Å². The van der Waals surface area contributed by atoms with E-state index in [-0.39, 0.29) is 56.0 Å². The molecule has 366 valence electrons. The van der Waals surface area contributed by atoms with Crippen LogP contribution in [-0.4, -0.2) is 181 Å². The molecule has 0 atom stereocenters. The lowest BCUT2D eigenvalue weighted by Gasteiger charge is -2.13. The third kappa shape index (κ3) is 21.8. The summed E-state index contributed by atoms with van der Waals surface area (Å²) >= 11 is 0. The van der Waals surface area contributed by atoms with Crippen LogP contribution in [0.1, 0.15) is 36.6 Å². The number of imide groups is 1. The molecule has 4 rings (SSSR count). The van der Waals surface area contributed by atoms with Crippen molar-refractivity contribution in [2.24, 2.45) is 0 Å². The molecule has 0 fully saturated rings. The zero-order chi connectivity index (χ0) is 46.9. The van der Waals surface area contributed by atoms with E-state index < -0.39 is 17.7 Å². The van der Waals surface area contributed by atoms with Crippen LogP contribution in [0.3, 0.4) is 0 Å². The topological polar surface area (TPSA) is 177 Å². The molecule has 0 aliphatic carbocycles. The molecule has 0 radical (unpaired) electrons. The van der Waals surface area contributed by atoms with E-state index in [0.717, 1.165) is 12.1 Å². The minimum atomic E-state index is -4.49. The Bertz CT molecular complexity index is 1790. The number of para-hydroxylation sites is 1. The molecule has 0 aromatic heterocycles. The predicted octanol–water partition coefficient (Wildman–Crippen LogP) is 5.08. The fraction of sp³-hybridized carbons (Fsp3) is 0.543. The summed E-state index contributed by atoms with van der Waals surface area (Å²) in [5.74, 6) is -1.22. The number of alkyl halides is 3. The standard InChI is InChI=1S/C46H61F3N2O15/c47-46(48,49)37-6-5-7-38(36-37)50-42-11-4-3-10-41(42)45(54)66-35-34-65-33-32-64-31-30-63-29-28-62-27-26-61-25-24-60-23-22-59-21-20-58-19-18-57-17-16-56-15-14-55-13-12-51-43(52)39-8-1-2-9-40(39)44(51)53/h1-11,36,50H,12-35H2. The minimum Gasteiger partial charge on any atom is -0.460 e. The van der Waals surface area contributed by atoms with Gasteiger partial charge in [0, 0.05) is 5.69 Å². The van der Waals surface area contributed by atoms with Gasteiger partial charge in [0.05, 0.1) is 180 Å². The Kier molecular flexibility index (Phi) is 27.0. The third-order valence-electron chi connectivity index (χ3n) is 9.13. The van der Waals surface area contributed by atoms with E-state index in [9.17, 15) is 27.6 Å². The zero-order valence-corrected chi connectivity index (χ0v) is 37.1. The molecule has 0 unspecified atom stereocenters. The van der Waals surface area contributed by atoms with Gasteiger partial charge in [0.15, 0.2) is 0 Å². The van der Waals surface area contributed by atoms with Crippen molar-refractivity contribution in [3.05, 3.63) is 95.1 Å². The number of carbonyl (C=O) groups excluding carboxylic acids is 3. The van der Waals surface area contributed by atoms with Crippen molar-refractivity contribution < 1.29 is 84.4 Å². The molecular weight excluding hydrogens is 877 g/mol. The van der Waals surface area contributed by atoms with Crippen molar-refractivity contribution in [3.8, 4) is 0 Å². The van der Waals surface area contributed by atoms with Crippen LogP contribution in [-0.2, 0) is 63.0 Å². The molecule has 3 aromatic rings. The molecule has 17 nitrogen and oxygen atoms in total. The molecule has 1 aliphatic heterocycles. The lowest BCUT2D eigenvalue weighted by Crippen LogP contribution is -2.33. The molecule has 0 bridgehead atoms. The van der Waals surface area contributed by atoms with Crippen LogP contribution in [0.25, 0.3) is 0 Å². The van der Waals surface area contributed by atoms with Crippen LogP contribution in [0.15, 0.2) is 72.8 Å². The van der Waals surface area contributed by atoms with E-state index in [2.05, 4.69) is 5.32 Å². The zero-order valence-electron chi connectivity index (χ0n) is 37.1. The summed E-state index contributed by atoms with van der Waals surface area (Å²) in [6, 6.07) is 17.9. The van der Waals surface area contributed by atoms with E-state index in [1.165, 1.54) is 23.1 Å². The maximum atomic E-state index is 13.1. The Labute approximate surface area is 382 Å². The number of hydrogen-bond donors (Lipinski definition) is 1. The molecule has 2 amide bonds. The summed E-state index contributed by atoms with van der Waals surface area (Å²) in [4.78, 5) is 38.5. The highest BCUT2D eigenvalue weighted by Crippen LogP contribution is 2.32. The highest BCUT2D eigenvalue weighted by Gasteiger charge is 2.34. The summed E-state index contributed by atoms with van der Waals surface area (Å²) < 4.78 is 105. The van der Waals surface area contributed by atoms with Gasteiger partial charge < -0.3 is 62.2 Å². The number of fused-ring (bicyclic) bond motifs is 1. The summed E-state index contributed by atoms with van der Waals surface area (Å²) in [6.45, 7) is 8.75. The number of ether oxygens (including phenoxy) is 12. The highest BCUT2D eigenvalue weighted by molar-refractivity contribution is 6.21. The van der Waals surface area contributed by atoms with Gasteiger partial charge in [-0.2, -0.15) is 13.2 Å². The van der Waals surface area contributed by atoms with Crippen LogP contribution in [0.5, 0.6) is 0 Å². The van der Waals surface area contributed by atoms with E-state index in [4.69, 9.17) is 56.8 Å². The molecule has 1 heterocycles. The second-order valence-electron chi connectivity index (χ2n) is 13.9. The second kappa shape index (κ2) is 33.0. The van der Waals surface area contributed by atoms with E-state index in [0.29, 0.717) is 142 Å². The Morgan fingerprint density at radius 2 is 0.818 bits per heavy atom. The highest BCUT2D eigenvalue weighted by atomic mass is 19.4. The van der Waals surface area contributed by atoms with Crippen molar-refractivity contribution >= 4 is 29.2 Å². The van der Waals surface area contributed by atoms with Crippen LogP contribution in [0, 0.1) is 0 Å². The van der Waals surface area contributed by atoms with Gasteiger partial charge in [-0.05, 0) is 42.5 Å².